The summed E-state index contributed by atoms with van der Waals surface area (Å²) in [5, 5.41) is 2.38. The summed E-state index contributed by atoms with van der Waals surface area (Å²) < 4.78 is 0. The van der Waals surface area contributed by atoms with Crippen LogP contribution in [0.2, 0.25) is 0 Å². The van der Waals surface area contributed by atoms with Gasteiger partial charge in [-0.1, -0.05) is 23.2 Å². The molecule has 1 aliphatic rings. The third kappa shape index (κ3) is 1.86. The van der Waals surface area contributed by atoms with E-state index in [9.17, 15) is 0 Å². The van der Waals surface area contributed by atoms with E-state index in [-0.39, 0.29) is 0 Å². The van der Waals surface area contributed by atoms with E-state index in [1.54, 1.807) is 17.2 Å². The Balaban J connectivity index is 2.78. The number of aliphatic imine (C=N–C) groups is 1. The molecule has 0 saturated carbocycles. The first-order chi connectivity index (χ1) is 5.04. The lowest BCUT2D eigenvalue weighted by molar-refractivity contribution is 0.228. The monoisotopic (exact) mass is 193 g/mol. The minimum Gasteiger partial charge on any atom is -0.326 e. The van der Waals surface area contributed by atoms with Crippen LogP contribution >= 0.6 is 23.2 Å². The fourth-order valence-corrected chi connectivity index (χ4v) is 1.05. The molecular formula is C6H9Cl2N3. The molecule has 0 aromatic rings. The zero-order valence-electron chi connectivity index (χ0n) is 6.31. The van der Waals surface area contributed by atoms with Crippen molar-refractivity contribution in [2.75, 3.05) is 14.1 Å². The molecule has 0 bridgehead atoms. The van der Waals surface area contributed by atoms with Crippen molar-refractivity contribution in [2.24, 2.45) is 4.99 Å². The second-order valence-electron chi connectivity index (χ2n) is 2.40. The van der Waals surface area contributed by atoms with E-state index < -0.39 is 5.25 Å². The molecule has 1 atom stereocenters. The van der Waals surface area contributed by atoms with Crippen molar-refractivity contribution < 1.29 is 0 Å². The third-order valence-electron chi connectivity index (χ3n) is 1.34. The van der Waals surface area contributed by atoms with Crippen LogP contribution in [0.5, 0.6) is 0 Å². The van der Waals surface area contributed by atoms with Crippen LogP contribution < -0.4 is 5.32 Å². The Bertz CT molecular complexity index is 212. The summed E-state index contributed by atoms with van der Waals surface area (Å²) in [6.45, 7) is 0. The zero-order valence-corrected chi connectivity index (χ0v) is 7.82. The Labute approximate surface area is 75.7 Å². The highest BCUT2D eigenvalue weighted by molar-refractivity contribution is 6.32. The van der Waals surface area contributed by atoms with E-state index in [4.69, 9.17) is 23.2 Å². The van der Waals surface area contributed by atoms with E-state index in [1.165, 1.54) is 0 Å². The Morgan fingerprint density at radius 1 is 1.64 bits per heavy atom. The fraction of sp³-hybridized carbons (Fsp3) is 0.500. The first-order valence-corrected chi connectivity index (χ1v) is 3.86. The number of alkyl halides is 1. The maximum absolute atomic E-state index is 6.00. The van der Waals surface area contributed by atoms with Crippen molar-refractivity contribution in [3.05, 3.63) is 11.2 Å². The molecule has 0 aliphatic carbocycles. The Morgan fingerprint density at radius 2 is 2.27 bits per heavy atom. The van der Waals surface area contributed by atoms with Crippen molar-refractivity contribution in [1.29, 1.82) is 0 Å². The normalized spacial score (nSPS) is 30.1. The molecule has 62 valence electrons. The van der Waals surface area contributed by atoms with Gasteiger partial charge in [0.25, 0.3) is 5.25 Å². The molecule has 0 radical (unpaired) electrons. The van der Waals surface area contributed by atoms with Crippen molar-refractivity contribution in [3.63, 3.8) is 0 Å². The molecule has 1 heterocycles. The molecule has 1 rings (SSSR count). The molecule has 0 aromatic carbocycles. The predicted octanol–water partition coefficient (Wildman–Crippen LogP) is 1.15. The van der Waals surface area contributed by atoms with Gasteiger partial charge in [-0.25, -0.2) is 4.99 Å². The first kappa shape index (κ1) is 8.84. The summed E-state index contributed by atoms with van der Waals surface area (Å²) in [7, 11) is 3.62. The highest BCUT2D eigenvalue weighted by Gasteiger charge is 2.30. The number of nitrogens with one attached hydrogen (secondary N) is 1. The molecule has 11 heavy (non-hydrogen) atoms. The van der Waals surface area contributed by atoms with Gasteiger partial charge >= 0.3 is 0 Å². The molecule has 0 spiro atoms. The molecule has 0 fully saturated rings. The lowest BCUT2D eigenvalue weighted by atomic mass is 10.5. The van der Waals surface area contributed by atoms with E-state index in [0.717, 1.165) is 0 Å². The number of hydrogen-bond acceptors (Lipinski definition) is 3. The fourth-order valence-electron chi connectivity index (χ4n) is 0.655. The van der Waals surface area contributed by atoms with Crippen molar-refractivity contribution in [2.45, 2.75) is 5.25 Å². The van der Waals surface area contributed by atoms with Gasteiger partial charge in [0.2, 0.25) is 0 Å². The average molecular weight is 194 g/mol. The molecule has 1 unspecified atom stereocenters. The summed E-state index contributed by atoms with van der Waals surface area (Å²) in [5.41, 5.74) is 0. The van der Waals surface area contributed by atoms with Crippen LogP contribution in [0.1, 0.15) is 0 Å². The zero-order chi connectivity index (χ0) is 8.48. The molecule has 3 nitrogen and oxygen atoms in total. The largest absolute Gasteiger partial charge is 0.326 e. The van der Waals surface area contributed by atoms with Gasteiger partial charge in [-0.3, -0.25) is 4.90 Å². The molecular weight excluding hydrogens is 185 g/mol. The van der Waals surface area contributed by atoms with Gasteiger partial charge in [0, 0.05) is 6.21 Å². The smallest absolute Gasteiger partial charge is 0.267 e. The molecule has 1 N–H and O–H groups in total. The van der Waals surface area contributed by atoms with Gasteiger partial charge in [-0.15, -0.1) is 0 Å². The van der Waals surface area contributed by atoms with Gasteiger partial charge in [0.15, 0.2) is 0 Å². The van der Waals surface area contributed by atoms with Crippen molar-refractivity contribution in [1.82, 2.24) is 10.2 Å². The number of allylic oxidation sites excluding steroid dienone is 1. The third-order valence-corrected chi connectivity index (χ3v) is 2.09. The van der Waals surface area contributed by atoms with Gasteiger partial charge in [-0.05, 0) is 20.2 Å². The van der Waals surface area contributed by atoms with Crippen LogP contribution in [0.4, 0.5) is 0 Å². The van der Waals surface area contributed by atoms with E-state index >= 15 is 0 Å². The van der Waals surface area contributed by atoms with E-state index in [2.05, 4.69) is 10.3 Å². The molecule has 0 saturated heterocycles. The second-order valence-corrected chi connectivity index (χ2v) is 3.33. The van der Waals surface area contributed by atoms with Crippen LogP contribution in [-0.2, 0) is 0 Å². The van der Waals surface area contributed by atoms with Gasteiger partial charge < -0.3 is 5.32 Å². The Kier molecular flexibility index (Phi) is 2.42. The van der Waals surface area contributed by atoms with Crippen molar-refractivity contribution in [3.8, 4) is 0 Å². The molecule has 5 heteroatoms. The Morgan fingerprint density at radius 3 is 2.64 bits per heavy atom. The standard InChI is InChI=1S/C6H9Cl2N3/c1-11(2)6(8)9-4-3-5(7)10-6/h3-4,10H,1-2H3. The molecule has 1 aliphatic heterocycles. The number of halogens is 2. The highest BCUT2D eigenvalue weighted by atomic mass is 35.5. The van der Waals surface area contributed by atoms with E-state index in [1.807, 2.05) is 14.1 Å². The van der Waals surface area contributed by atoms with Crippen LogP contribution in [0.15, 0.2) is 16.2 Å². The van der Waals surface area contributed by atoms with Crippen molar-refractivity contribution >= 4 is 29.4 Å². The predicted molar refractivity (Wildman–Crippen MR) is 47.8 cm³/mol. The minimum atomic E-state index is -0.925. The molecule has 0 aromatic heterocycles. The van der Waals surface area contributed by atoms with Gasteiger partial charge in [-0.2, -0.15) is 0 Å². The summed E-state index contributed by atoms with van der Waals surface area (Å²) in [4.78, 5) is 5.73. The lowest BCUT2D eigenvalue weighted by Crippen LogP contribution is -2.49. The summed E-state index contributed by atoms with van der Waals surface area (Å²) in [6, 6.07) is 0. The maximum Gasteiger partial charge on any atom is 0.267 e. The first-order valence-electron chi connectivity index (χ1n) is 3.10. The minimum absolute atomic E-state index is 0.490. The second kappa shape index (κ2) is 3.01. The topological polar surface area (TPSA) is 27.6 Å². The maximum atomic E-state index is 6.00. The number of nitrogens with zero attached hydrogens (tertiary/aromatic N) is 2. The quantitative estimate of drug-likeness (QED) is 0.500. The lowest BCUT2D eigenvalue weighted by Gasteiger charge is -2.32. The molecule has 0 amide bonds. The summed E-state index contributed by atoms with van der Waals surface area (Å²) >= 11 is 11.7. The highest BCUT2D eigenvalue weighted by Crippen LogP contribution is 2.20. The van der Waals surface area contributed by atoms with Crippen LogP contribution in [0.25, 0.3) is 0 Å². The number of hydrogen-bond donors (Lipinski definition) is 1. The van der Waals surface area contributed by atoms with Crippen LogP contribution in [0.3, 0.4) is 0 Å². The Hall–Kier alpha value is -0.250. The SMILES string of the molecule is CN(C)C1(Cl)N=CC=C(Cl)N1. The number of rotatable bonds is 1. The van der Waals surface area contributed by atoms with Crippen LogP contribution in [-0.4, -0.2) is 30.5 Å². The van der Waals surface area contributed by atoms with Crippen LogP contribution in [0, 0.1) is 0 Å². The summed E-state index contributed by atoms with van der Waals surface area (Å²) in [6.07, 6.45) is 3.22. The van der Waals surface area contributed by atoms with Gasteiger partial charge in [0.05, 0.1) is 0 Å². The van der Waals surface area contributed by atoms with E-state index in [0.29, 0.717) is 5.16 Å². The average Bonchev–Trinajstić information content (AvgIpc) is 1.86. The van der Waals surface area contributed by atoms with Gasteiger partial charge in [0.1, 0.15) is 5.16 Å². The summed E-state index contributed by atoms with van der Waals surface area (Å²) in [5.74, 6) is 0.